The average molecular weight is 212 g/mol. The van der Waals surface area contributed by atoms with Crippen molar-refractivity contribution in [3.05, 3.63) is 41.6 Å². The lowest BCUT2D eigenvalue weighted by Crippen LogP contribution is -2.00. The van der Waals surface area contributed by atoms with E-state index in [1.54, 1.807) is 6.21 Å². The van der Waals surface area contributed by atoms with Crippen LogP contribution in [0.5, 0.6) is 0 Å². The van der Waals surface area contributed by atoms with Gasteiger partial charge in [0.05, 0.1) is 6.21 Å². The highest BCUT2D eigenvalue weighted by atomic mass is 15.2. The first-order valence-corrected chi connectivity index (χ1v) is 5.24. The highest BCUT2D eigenvalue weighted by Gasteiger charge is 2.04. The van der Waals surface area contributed by atoms with Crippen LogP contribution in [0.25, 0.3) is 0 Å². The van der Waals surface area contributed by atoms with E-state index in [0.29, 0.717) is 0 Å². The number of benzene rings is 1. The molecule has 1 aliphatic rings. The fraction of sp³-hybridized carbons (Fsp3) is 0.231. The van der Waals surface area contributed by atoms with Gasteiger partial charge in [-0.05, 0) is 43.2 Å². The molecule has 0 aliphatic carbocycles. The van der Waals surface area contributed by atoms with E-state index in [0.717, 1.165) is 23.4 Å². The molecule has 0 saturated heterocycles. The van der Waals surface area contributed by atoms with Gasteiger partial charge in [0.25, 0.3) is 0 Å². The molecular weight excluding hydrogens is 198 g/mol. The summed E-state index contributed by atoms with van der Waals surface area (Å²) in [6, 6.07) is 6.18. The fourth-order valence-electron chi connectivity index (χ4n) is 1.48. The van der Waals surface area contributed by atoms with Crippen molar-refractivity contribution in [2.24, 2.45) is 10.2 Å². The Morgan fingerprint density at radius 2 is 2.31 bits per heavy atom. The molecule has 1 aromatic carbocycles. The lowest BCUT2D eigenvalue weighted by atomic mass is 10.0. The minimum Gasteiger partial charge on any atom is -0.361 e. The summed E-state index contributed by atoms with van der Waals surface area (Å²) in [5.41, 5.74) is 4.40. The summed E-state index contributed by atoms with van der Waals surface area (Å²) in [4.78, 5) is 0. The van der Waals surface area contributed by atoms with Crippen LogP contribution >= 0.6 is 0 Å². The van der Waals surface area contributed by atoms with Crippen molar-refractivity contribution in [3.63, 3.8) is 0 Å². The molecule has 0 amide bonds. The van der Waals surface area contributed by atoms with Gasteiger partial charge in [-0.3, -0.25) is 0 Å². The van der Waals surface area contributed by atoms with E-state index in [1.165, 1.54) is 5.56 Å². The predicted molar refractivity (Wildman–Crippen MR) is 68.0 cm³/mol. The van der Waals surface area contributed by atoms with Crippen LogP contribution in [-0.2, 0) is 6.42 Å². The molecule has 1 N–H and O–H groups in total. The van der Waals surface area contributed by atoms with Gasteiger partial charge in [-0.1, -0.05) is 6.07 Å². The zero-order valence-electron chi connectivity index (χ0n) is 9.49. The molecule has 1 heterocycles. The Bertz CT molecular complexity index is 466. The van der Waals surface area contributed by atoms with Crippen molar-refractivity contribution in [3.8, 4) is 0 Å². The second-order valence-corrected chi connectivity index (χ2v) is 3.88. The Labute approximate surface area is 95.6 Å². The van der Waals surface area contributed by atoms with E-state index in [2.05, 4.69) is 33.7 Å². The average Bonchev–Trinajstić information content (AvgIpc) is 2.28. The van der Waals surface area contributed by atoms with Crippen LogP contribution in [-0.4, -0.2) is 11.9 Å². The van der Waals surface area contributed by atoms with Crippen LogP contribution in [0.1, 0.15) is 25.0 Å². The van der Waals surface area contributed by atoms with Crippen molar-refractivity contribution >= 4 is 17.6 Å². The molecule has 0 saturated carbocycles. The summed E-state index contributed by atoms with van der Waals surface area (Å²) in [5, 5.41) is 11.1. The molecule has 0 unspecified atom stereocenters. The van der Waals surface area contributed by atoms with E-state index in [-0.39, 0.29) is 0 Å². The number of rotatable bonds is 2. The summed E-state index contributed by atoms with van der Waals surface area (Å²) in [6.07, 6.45) is 7.60. The largest absolute Gasteiger partial charge is 0.361 e. The molecule has 81 valence electrons. The molecule has 2 rings (SSSR count). The number of hydrogen-bond acceptors (Lipinski definition) is 3. The van der Waals surface area contributed by atoms with Crippen molar-refractivity contribution < 1.29 is 0 Å². The molecular formula is C13H14N3. The second kappa shape index (κ2) is 4.75. The van der Waals surface area contributed by atoms with Crippen LogP contribution in [0, 0.1) is 6.08 Å². The van der Waals surface area contributed by atoms with E-state index < -0.39 is 0 Å². The molecule has 0 spiro atoms. The zero-order chi connectivity index (χ0) is 11.4. The summed E-state index contributed by atoms with van der Waals surface area (Å²) in [5.74, 6) is 0. The Morgan fingerprint density at radius 3 is 3.12 bits per heavy atom. The molecule has 0 bridgehead atoms. The van der Waals surface area contributed by atoms with E-state index in [1.807, 2.05) is 26.1 Å². The number of nitrogens with zero attached hydrogens (tertiary/aromatic N) is 2. The quantitative estimate of drug-likeness (QED) is 0.594. The summed E-state index contributed by atoms with van der Waals surface area (Å²) < 4.78 is 0. The Morgan fingerprint density at radius 1 is 1.44 bits per heavy atom. The highest BCUT2D eigenvalue weighted by molar-refractivity contribution is 5.83. The SMILES string of the molecule is CC(C)=NN=Cc1ccc2c(c1)C[C]=CN2. The minimum absolute atomic E-state index is 0.847. The molecule has 0 aromatic heterocycles. The van der Waals surface area contributed by atoms with Gasteiger partial charge in [0.1, 0.15) is 0 Å². The van der Waals surface area contributed by atoms with Gasteiger partial charge in [0.15, 0.2) is 0 Å². The molecule has 3 nitrogen and oxygen atoms in total. The molecule has 16 heavy (non-hydrogen) atoms. The van der Waals surface area contributed by atoms with Gasteiger partial charge in [-0.25, -0.2) is 0 Å². The first-order valence-electron chi connectivity index (χ1n) is 5.24. The van der Waals surface area contributed by atoms with Gasteiger partial charge in [0.2, 0.25) is 0 Å². The smallest absolute Gasteiger partial charge is 0.0568 e. The molecule has 1 aliphatic heterocycles. The monoisotopic (exact) mass is 212 g/mol. The van der Waals surface area contributed by atoms with Crippen LogP contribution in [0.15, 0.2) is 34.6 Å². The number of anilines is 1. The van der Waals surface area contributed by atoms with Gasteiger partial charge in [-0.2, -0.15) is 10.2 Å². The maximum Gasteiger partial charge on any atom is 0.0568 e. The summed E-state index contributed by atoms with van der Waals surface area (Å²) in [6.45, 7) is 3.85. The first-order chi connectivity index (χ1) is 7.75. The van der Waals surface area contributed by atoms with E-state index in [4.69, 9.17) is 0 Å². The van der Waals surface area contributed by atoms with E-state index in [9.17, 15) is 0 Å². The van der Waals surface area contributed by atoms with Gasteiger partial charge < -0.3 is 5.32 Å². The van der Waals surface area contributed by atoms with E-state index >= 15 is 0 Å². The first kappa shape index (κ1) is 10.6. The number of fused-ring (bicyclic) bond motifs is 1. The third-order valence-corrected chi connectivity index (χ3v) is 2.22. The standard InChI is InChI=1S/C13H14N3/c1-10(2)16-15-9-11-5-6-13-12(8-11)4-3-7-14-13/h5-9,14H,4H2,1-2H3. The van der Waals surface area contributed by atoms with Crippen LogP contribution < -0.4 is 5.32 Å². The highest BCUT2D eigenvalue weighted by Crippen LogP contribution is 2.20. The Kier molecular flexibility index (Phi) is 3.15. The Balaban J connectivity index is 2.19. The van der Waals surface area contributed by atoms with Crippen LogP contribution in [0.3, 0.4) is 0 Å². The van der Waals surface area contributed by atoms with Gasteiger partial charge in [0, 0.05) is 24.0 Å². The zero-order valence-corrected chi connectivity index (χ0v) is 9.49. The molecule has 3 heteroatoms. The topological polar surface area (TPSA) is 36.8 Å². The predicted octanol–water partition coefficient (Wildman–Crippen LogP) is 2.79. The minimum atomic E-state index is 0.847. The summed E-state index contributed by atoms with van der Waals surface area (Å²) in [7, 11) is 0. The second-order valence-electron chi connectivity index (χ2n) is 3.88. The third kappa shape index (κ3) is 2.57. The number of allylic oxidation sites excluding steroid dienone is 1. The molecule has 1 aromatic rings. The maximum absolute atomic E-state index is 4.00. The fourth-order valence-corrected chi connectivity index (χ4v) is 1.48. The summed E-state index contributed by atoms with van der Waals surface area (Å²) >= 11 is 0. The maximum atomic E-state index is 4.00. The number of nitrogens with one attached hydrogen (secondary N) is 1. The van der Waals surface area contributed by atoms with Crippen molar-refractivity contribution in [2.45, 2.75) is 20.3 Å². The lowest BCUT2D eigenvalue weighted by Gasteiger charge is -2.12. The van der Waals surface area contributed by atoms with Crippen LogP contribution in [0.4, 0.5) is 5.69 Å². The van der Waals surface area contributed by atoms with Gasteiger partial charge >= 0.3 is 0 Å². The van der Waals surface area contributed by atoms with Crippen LogP contribution in [0.2, 0.25) is 0 Å². The lowest BCUT2D eigenvalue weighted by molar-refractivity contribution is 1.18. The molecule has 0 atom stereocenters. The Hall–Kier alpha value is -1.90. The third-order valence-electron chi connectivity index (χ3n) is 2.22. The number of hydrogen-bond donors (Lipinski definition) is 1. The normalized spacial score (nSPS) is 13.4. The van der Waals surface area contributed by atoms with Crippen molar-refractivity contribution in [2.75, 3.05) is 5.32 Å². The molecule has 0 fully saturated rings. The molecule has 1 radical (unpaired) electrons. The van der Waals surface area contributed by atoms with Gasteiger partial charge in [-0.15, -0.1) is 0 Å². The van der Waals surface area contributed by atoms with Crippen molar-refractivity contribution in [1.29, 1.82) is 0 Å². The van der Waals surface area contributed by atoms with Crippen molar-refractivity contribution in [1.82, 2.24) is 0 Å².